The number of hydrogen-bond acceptors (Lipinski definition) is 2. The van der Waals surface area contributed by atoms with Crippen molar-refractivity contribution in [1.82, 2.24) is 10.2 Å². The maximum Gasteiger partial charge on any atom is 0.416 e. The fourth-order valence-corrected chi connectivity index (χ4v) is 3.32. The number of nitrogens with zero attached hydrogens (tertiary/aromatic N) is 1. The van der Waals surface area contributed by atoms with Gasteiger partial charge >= 0.3 is 6.18 Å². The zero-order valence-corrected chi connectivity index (χ0v) is 11.8. The molecule has 1 aromatic carbocycles. The largest absolute Gasteiger partial charge is 0.416 e. The Labute approximate surface area is 125 Å². The van der Waals surface area contributed by atoms with Crippen molar-refractivity contribution >= 4 is 5.91 Å². The van der Waals surface area contributed by atoms with E-state index in [1.807, 2.05) is 0 Å². The first-order valence-corrected chi connectivity index (χ1v) is 7.28. The second-order valence-corrected chi connectivity index (χ2v) is 5.78. The van der Waals surface area contributed by atoms with Crippen LogP contribution in [-0.2, 0) is 6.18 Å². The van der Waals surface area contributed by atoms with E-state index in [2.05, 4.69) is 5.32 Å². The molecule has 2 saturated heterocycles. The molecule has 0 aliphatic carbocycles. The van der Waals surface area contributed by atoms with Crippen molar-refractivity contribution in [3.8, 4) is 0 Å². The summed E-state index contributed by atoms with van der Waals surface area (Å²) in [6, 6.07) is 1.89. The summed E-state index contributed by atoms with van der Waals surface area (Å²) in [6.07, 6.45) is -2.24. The average Bonchev–Trinajstić information content (AvgIpc) is 2.70. The van der Waals surface area contributed by atoms with Crippen LogP contribution in [0.2, 0.25) is 0 Å². The maximum atomic E-state index is 13.9. The second-order valence-electron chi connectivity index (χ2n) is 5.78. The number of amides is 1. The van der Waals surface area contributed by atoms with E-state index in [9.17, 15) is 22.4 Å². The molecule has 1 N–H and O–H groups in total. The van der Waals surface area contributed by atoms with Crippen LogP contribution in [0.4, 0.5) is 17.6 Å². The highest BCUT2D eigenvalue weighted by atomic mass is 19.4. The minimum absolute atomic E-state index is 0.0264. The third kappa shape index (κ3) is 2.69. The van der Waals surface area contributed by atoms with Gasteiger partial charge < -0.3 is 10.2 Å². The van der Waals surface area contributed by atoms with Crippen molar-refractivity contribution < 1.29 is 22.4 Å². The molecule has 0 saturated carbocycles. The van der Waals surface area contributed by atoms with Gasteiger partial charge in [0.2, 0.25) is 0 Å². The molecule has 3 rings (SSSR count). The van der Waals surface area contributed by atoms with Gasteiger partial charge in [-0.1, -0.05) is 0 Å². The van der Waals surface area contributed by atoms with Crippen LogP contribution in [0.3, 0.4) is 0 Å². The molecule has 0 aromatic heterocycles. The van der Waals surface area contributed by atoms with Crippen molar-refractivity contribution in [1.29, 1.82) is 0 Å². The van der Waals surface area contributed by atoms with E-state index in [4.69, 9.17) is 0 Å². The van der Waals surface area contributed by atoms with Gasteiger partial charge in [-0.15, -0.1) is 0 Å². The monoisotopic (exact) mass is 316 g/mol. The Morgan fingerprint density at radius 3 is 2.64 bits per heavy atom. The molecule has 2 unspecified atom stereocenters. The number of halogens is 4. The van der Waals surface area contributed by atoms with Crippen molar-refractivity contribution in [3.63, 3.8) is 0 Å². The van der Waals surface area contributed by atoms with Crippen molar-refractivity contribution in [3.05, 3.63) is 35.1 Å². The number of rotatable bonds is 1. The summed E-state index contributed by atoms with van der Waals surface area (Å²) in [6.45, 7) is 1.36. The summed E-state index contributed by atoms with van der Waals surface area (Å²) in [5.74, 6) is -1.55. The molecule has 22 heavy (non-hydrogen) atoms. The Hall–Kier alpha value is -1.63. The molecule has 3 nitrogen and oxygen atoms in total. The van der Waals surface area contributed by atoms with Crippen LogP contribution < -0.4 is 5.32 Å². The first-order chi connectivity index (χ1) is 10.4. The normalized spacial score (nSPS) is 25.2. The van der Waals surface area contributed by atoms with Gasteiger partial charge in [0.05, 0.1) is 11.1 Å². The molecule has 0 radical (unpaired) electrons. The van der Waals surface area contributed by atoms with Crippen LogP contribution in [0.25, 0.3) is 0 Å². The number of hydrogen-bond donors (Lipinski definition) is 1. The molecular formula is C15H16F4N2O. The summed E-state index contributed by atoms with van der Waals surface area (Å²) in [5, 5.41) is 3.20. The number of carbonyl (C=O) groups is 1. The molecule has 0 spiro atoms. The molecule has 2 aliphatic rings. The van der Waals surface area contributed by atoms with Crippen LogP contribution in [0, 0.1) is 5.82 Å². The zero-order chi connectivity index (χ0) is 15.9. The highest BCUT2D eigenvalue weighted by molar-refractivity contribution is 5.95. The van der Waals surface area contributed by atoms with E-state index in [0.717, 1.165) is 25.8 Å². The minimum atomic E-state index is -4.60. The molecule has 7 heteroatoms. The fourth-order valence-electron chi connectivity index (χ4n) is 3.32. The van der Waals surface area contributed by atoms with Crippen molar-refractivity contribution in [2.75, 3.05) is 13.1 Å². The lowest BCUT2D eigenvalue weighted by Gasteiger charge is -2.28. The van der Waals surface area contributed by atoms with Crippen molar-refractivity contribution in [2.24, 2.45) is 0 Å². The maximum absolute atomic E-state index is 13.9. The number of alkyl halides is 3. The Morgan fingerprint density at radius 2 is 1.91 bits per heavy atom. The van der Waals surface area contributed by atoms with E-state index < -0.39 is 29.0 Å². The average molecular weight is 316 g/mol. The van der Waals surface area contributed by atoms with E-state index >= 15 is 0 Å². The lowest BCUT2D eigenvalue weighted by atomic mass is 10.1. The minimum Gasteiger partial charge on any atom is -0.331 e. The van der Waals surface area contributed by atoms with Crippen LogP contribution in [0.1, 0.15) is 35.2 Å². The van der Waals surface area contributed by atoms with Gasteiger partial charge in [0, 0.05) is 18.6 Å². The molecule has 2 atom stereocenters. The topological polar surface area (TPSA) is 32.3 Å². The Kier molecular flexibility index (Phi) is 3.84. The smallest absolute Gasteiger partial charge is 0.331 e. The van der Waals surface area contributed by atoms with Crippen LogP contribution in [0.15, 0.2) is 18.2 Å². The quantitative estimate of drug-likeness (QED) is 0.808. The molecule has 1 aromatic rings. The van der Waals surface area contributed by atoms with Crippen LogP contribution in [0.5, 0.6) is 0 Å². The van der Waals surface area contributed by atoms with Gasteiger partial charge in [-0.2, -0.15) is 13.2 Å². The van der Waals surface area contributed by atoms with Gasteiger partial charge in [-0.3, -0.25) is 4.79 Å². The molecule has 1 amide bonds. The predicted molar refractivity (Wildman–Crippen MR) is 71.9 cm³/mol. The van der Waals surface area contributed by atoms with Gasteiger partial charge in [-0.05, 0) is 44.0 Å². The molecule has 2 aliphatic heterocycles. The second kappa shape index (κ2) is 5.53. The molecule has 120 valence electrons. The highest BCUT2D eigenvalue weighted by Crippen LogP contribution is 2.33. The number of carbonyl (C=O) groups excluding carboxylic acids is 1. The van der Waals surface area contributed by atoms with Crippen LogP contribution in [-0.4, -0.2) is 36.0 Å². The fraction of sp³-hybridized carbons (Fsp3) is 0.533. The Balaban J connectivity index is 1.95. The number of fused-ring (bicyclic) bond motifs is 2. The van der Waals surface area contributed by atoms with Gasteiger partial charge in [0.25, 0.3) is 5.91 Å². The molecule has 2 heterocycles. The van der Waals surface area contributed by atoms with E-state index in [1.165, 1.54) is 0 Å². The summed E-state index contributed by atoms with van der Waals surface area (Å²) in [5.41, 5.74) is -1.49. The van der Waals surface area contributed by atoms with Gasteiger partial charge in [0.1, 0.15) is 5.82 Å². The first-order valence-electron chi connectivity index (χ1n) is 7.28. The van der Waals surface area contributed by atoms with Crippen molar-refractivity contribution in [2.45, 2.75) is 37.5 Å². The molecule has 2 bridgehead atoms. The van der Waals surface area contributed by atoms with E-state index in [1.54, 1.807) is 4.90 Å². The summed E-state index contributed by atoms with van der Waals surface area (Å²) in [4.78, 5) is 14.2. The van der Waals surface area contributed by atoms with E-state index in [0.29, 0.717) is 24.7 Å². The molecular weight excluding hydrogens is 300 g/mol. The Morgan fingerprint density at radius 1 is 1.18 bits per heavy atom. The molecule has 2 fully saturated rings. The summed E-state index contributed by atoms with van der Waals surface area (Å²) < 4.78 is 52.2. The lowest BCUT2D eigenvalue weighted by molar-refractivity contribution is -0.137. The van der Waals surface area contributed by atoms with Gasteiger partial charge in [-0.25, -0.2) is 4.39 Å². The lowest BCUT2D eigenvalue weighted by Crippen LogP contribution is -2.42. The van der Waals surface area contributed by atoms with E-state index in [-0.39, 0.29) is 12.1 Å². The number of benzene rings is 1. The van der Waals surface area contributed by atoms with Crippen LogP contribution >= 0.6 is 0 Å². The Bertz CT molecular complexity index is 573. The SMILES string of the molecule is O=C(c1cc(C(F)(F)F)ccc1F)N1C2CCNCC1CC2. The third-order valence-electron chi connectivity index (χ3n) is 4.41. The standard InChI is InChI=1S/C15H16F4N2O/c16-13-4-1-9(15(17,18)19)7-12(13)14(22)21-10-2-3-11(21)8-20-6-5-10/h1,4,7,10-11,20H,2-3,5-6,8H2. The highest BCUT2D eigenvalue weighted by Gasteiger charge is 2.40. The summed E-state index contributed by atoms with van der Waals surface area (Å²) >= 11 is 0. The third-order valence-corrected chi connectivity index (χ3v) is 4.41. The number of nitrogens with one attached hydrogen (secondary N) is 1. The zero-order valence-electron chi connectivity index (χ0n) is 11.8. The predicted octanol–water partition coefficient (Wildman–Crippen LogP) is 2.81. The first kappa shape index (κ1) is 15.3. The summed E-state index contributed by atoms with van der Waals surface area (Å²) in [7, 11) is 0. The van der Waals surface area contributed by atoms with Gasteiger partial charge in [0.15, 0.2) is 0 Å².